The molecule has 1 aromatic heterocycles. The SMILES string of the molecule is Cn1c(=O)n(COCC[Si](C)(C)C)c2cccc(N3CCC(C(=O)OC(C)(C)C)CC3)c21. The zero-order valence-electron chi connectivity index (χ0n) is 20.7. The molecule has 3 rings (SSSR count). The number of fused-ring (bicyclic) bond motifs is 1. The lowest BCUT2D eigenvalue weighted by atomic mass is 9.96. The molecule has 178 valence electrons. The Kier molecular flexibility index (Phi) is 7.24. The molecule has 2 heterocycles. The van der Waals surface area contributed by atoms with E-state index in [1.54, 1.807) is 9.13 Å². The zero-order chi connectivity index (χ0) is 23.7. The Bertz CT molecular complexity index is 1010. The van der Waals surface area contributed by atoms with Crippen molar-refractivity contribution in [3.63, 3.8) is 0 Å². The van der Waals surface area contributed by atoms with Crippen molar-refractivity contribution in [2.75, 3.05) is 24.6 Å². The molecule has 0 amide bonds. The number of nitrogens with zero attached hydrogens (tertiary/aromatic N) is 3. The molecule has 0 N–H and O–H groups in total. The summed E-state index contributed by atoms with van der Waals surface area (Å²) in [6.45, 7) is 15.1. The van der Waals surface area contributed by atoms with Crippen LogP contribution in [-0.2, 0) is 28.0 Å². The van der Waals surface area contributed by atoms with Crippen molar-refractivity contribution in [3.05, 3.63) is 28.7 Å². The molecule has 32 heavy (non-hydrogen) atoms. The van der Waals surface area contributed by atoms with E-state index in [1.165, 1.54) is 0 Å². The molecule has 1 aliphatic rings. The number of hydrogen-bond acceptors (Lipinski definition) is 5. The number of imidazole rings is 1. The average Bonchev–Trinajstić information content (AvgIpc) is 2.94. The standard InChI is InChI=1S/C24H39N3O4Si/c1-24(2,3)31-22(28)18-11-13-26(14-12-18)19-9-8-10-20-21(19)25(4)23(29)27(20)17-30-15-16-32(5,6)7/h8-10,18H,11-17H2,1-7H3. The summed E-state index contributed by atoms with van der Waals surface area (Å²) in [5.74, 6) is -0.178. The highest BCUT2D eigenvalue weighted by Gasteiger charge is 2.30. The fraction of sp³-hybridized carbons (Fsp3) is 0.667. The van der Waals surface area contributed by atoms with Crippen LogP contribution in [0.25, 0.3) is 11.0 Å². The van der Waals surface area contributed by atoms with E-state index in [2.05, 4.69) is 30.6 Å². The van der Waals surface area contributed by atoms with Crippen LogP contribution in [0.5, 0.6) is 0 Å². The summed E-state index contributed by atoms with van der Waals surface area (Å²) in [6, 6.07) is 7.11. The van der Waals surface area contributed by atoms with Gasteiger partial charge in [0.05, 0.1) is 22.6 Å². The van der Waals surface area contributed by atoms with Gasteiger partial charge < -0.3 is 14.4 Å². The zero-order valence-corrected chi connectivity index (χ0v) is 21.7. The molecule has 1 fully saturated rings. The second kappa shape index (κ2) is 9.43. The van der Waals surface area contributed by atoms with Gasteiger partial charge in [-0.2, -0.15) is 0 Å². The van der Waals surface area contributed by atoms with Gasteiger partial charge >= 0.3 is 11.7 Å². The number of aromatic nitrogens is 2. The number of aryl methyl sites for hydroxylation is 1. The van der Waals surface area contributed by atoms with Crippen molar-refractivity contribution >= 4 is 30.8 Å². The van der Waals surface area contributed by atoms with E-state index in [1.807, 2.05) is 40.0 Å². The van der Waals surface area contributed by atoms with Crippen LogP contribution in [0.1, 0.15) is 33.6 Å². The molecule has 0 bridgehead atoms. The smallest absolute Gasteiger partial charge is 0.330 e. The molecular weight excluding hydrogens is 422 g/mol. The highest BCUT2D eigenvalue weighted by atomic mass is 28.3. The second-order valence-corrected chi connectivity index (χ2v) is 16.7. The second-order valence-electron chi connectivity index (χ2n) is 11.1. The van der Waals surface area contributed by atoms with Gasteiger partial charge in [-0.05, 0) is 51.8 Å². The number of piperidine rings is 1. The number of hydrogen-bond donors (Lipinski definition) is 0. The van der Waals surface area contributed by atoms with Crippen LogP contribution < -0.4 is 10.6 Å². The van der Waals surface area contributed by atoms with Crippen molar-refractivity contribution < 1.29 is 14.3 Å². The minimum absolute atomic E-state index is 0.0657. The predicted octanol–water partition coefficient (Wildman–Crippen LogP) is 4.21. The van der Waals surface area contributed by atoms with Gasteiger partial charge in [0.15, 0.2) is 0 Å². The van der Waals surface area contributed by atoms with Gasteiger partial charge in [-0.15, -0.1) is 0 Å². The summed E-state index contributed by atoms with van der Waals surface area (Å²) >= 11 is 0. The molecule has 0 spiro atoms. The lowest BCUT2D eigenvalue weighted by molar-refractivity contribution is -0.160. The van der Waals surface area contributed by atoms with E-state index in [0.29, 0.717) is 6.61 Å². The first-order valence-corrected chi connectivity index (χ1v) is 15.3. The quantitative estimate of drug-likeness (QED) is 0.351. The first-order valence-electron chi connectivity index (χ1n) is 11.6. The Balaban J connectivity index is 1.75. The maximum absolute atomic E-state index is 13.0. The van der Waals surface area contributed by atoms with Crippen LogP contribution in [0.2, 0.25) is 25.7 Å². The van der Waals surface area contributed by atoms with Crippen LogP contribution in [-0.4, -0.2) is 48.5 Å². The van der Waals surface area contributed by atoms with Crippen molar-refractivity contribution in [2.45, 2.75) is 71.6 Å². The number of carbonyl (C=O) groups is 1. The molecule has 7 nitrogen and oxygen atoms in total. The first kappa shape index (κ1) is 24.6. The van der Waals surface area contributed by atoms with Gasteiger partial charge in [-0.25, -0.2) is 4.79 Å². The molecule has 1 aromatic carbocycles. The van der Waals surface area contributed by atoms with Gasteiger partial charge in [0, 0.05) is 34.8 Å². The maximum Gasteiger partial charge on any atom is 0.330 e. The molecule has 0 radical (unpaired) electrons. The third-order valence-electron chi connectivity index (χ3n) is 5.93. The molecule has 0 saturated carbocycles. The van der Waals surface area contributed by atoms with E-state index >= 15 is 0 Å². The number of anilines is 1. The molecule has 0 unspecified atom stereocenters. The summed E-state index contributed by atoms with van der Waals surface area (Å²) in [6.07, 6.45) is 1.50. The molecule has 2 aromatic rings. The number of rotatable bonds is 7. The van der Waals surface area contributed by atoms with E-state index in [9.17, 15) is 9.59 Å². The lowest BCUT2D eigenvalue weighted by Gasteiger charge is -2.34. The average molecular weight is 462 g/mol. The third kappa shape index (κ3) is 5.84. The van der Waals surface area contributed by atoms with Crippen molar-refractivity contribution in [1.82, 2.24) is 9.13 Å². The van der Waals surface area contributed by atoms with Crippen LogP contribution in [0, 0.1) is 5.92 Å². The summed E-state index contributed by atoms with van der Waals surface area (Å²) < 4.78 is 14.9. The monoisotopic (exact) mass is 461 g/mol. The summed E-state index contributed by atoms with van der Waals surface area (Å²) in [5, 5.41) is 0. The van der Waals surface area contributed by atoms with E-state index in [-0.39, 0.29) is 24.3 Å². The number of ether oxygens (including phenoxy) is 2. The van der Waals surface area contributed by atoms with E-state index in [0.717, 1.165) is 48.7 Å². The third-order valence-corrected chi connectivity index (χ3v) is 7.63. The minimum Gasteiger partial charge on any atom is -0.460 e. The molecular formula is C24H39N3O4Si. The maximum atomic E-state index is 13.0. The fourth-order valence-corrected chi connectivity index (χ4v) is 4.87. The fourth-order valence-electron chi connectivity index (χ4n) is 4.12. The largest absolute Gasteiger partial charge is 0.460 e. The van der Waals surface area contributed by atoms with Gasteiger partial charge in [-0.3, -0.25) is 13.9 Å². The highest BCUT2D eigenvalue weighted by molar-refractivity contribution is 6.76. The summed E-state index contributed by atoms with van der Waals surface area (Å²) in [4.78, 5) is 27.7. The Morgan fingerprint density at radius 3 is 2.41 bits per heavy atom. The summed E-state index contributed by atoms with van der Waals surface area (Å²) in [5.41, 5.74) is 2.31. The van der Waals surface area contributed by atoms with Gasteiger partial charge in [-0.1, -0.05) is 25.7 Å². The van der Waals surface area contributed by atoms with Gasteiger partial charge in [0.2, 0.25) is 0 Å². The van der Waals surface area contributed by atoms with Crippen molar-refractivity contribution in [3.8, 4) is 0 Å². The molecule has 0 atom stereocenters. The predicted molar refractivity (Wildman–Crippen MR) is 132 cm³/mol. The molecule has 1 aliphatic heterocycles. The van der Waals surface area contributed by atoms with Crippen LogP contribution in [0.3, 0.4) is 0 Å². The van der Waals surface area contributed by atoms with Crippen LogP contribution in [0.15, 0.2) is 23.0 Å². The lowest BCUT2D eigenvalue weighted by Crippen LogP contribution is -2.39. The topological polar surface area (TPSA) is 65.7 Å². The van der Waals surface area contributed by atoms with E-state index < -0.39 is 13.7 Å². The minimum atomic E-state index is -1.17. The summed E-state index contributed by atoms with van der Waals surface area (Å²) in [7, 11) is 0.646. The Morgan fingerprint density at radius 2 is 1.81 bits per heavy atom. The molecule has 8 heteroatoms. The first-order chi connectivity index (χ1) is 14.9. The van der Waals surface area contributed by atoms with Gasteiger partial charge in [0.1, 0.15) is 12.3 Å². The number of esters is 1. The number of benzene rings is 1. The molecule has 0 aliphatic carbocycles. The van der Waals surface area contributed by atoms with Crippen LogP contribution >= 0.6 is 0 Å². The van der Waals surface area contributed by atoms with Crippen molar-refractivity contribution in [1.29, 1.82) is 0 Å². The molecule has 1 saturated heterocycles. The highest BCUT2D eigenvalue weighted by Crippen LogP contribution is 2.30. The van der Waals surface area contributed by atoms with E-state index in [4.69, 9.17) is 9.47 Å². The van der Waals surface area contributed by atoms with Gasteiger partial charge in [0.25, 0.3) is 0 Å². The number of carbonyl (C=O) groups excluding carboxylic acids is 1. The normalized spacial score (nSPS) is 16.0. The Hall–Kier alpha value is -2.06. The Morgan fingerprint density at radius 1 is 1.16 bits per heavy atom. The Labute approximate surface area is 192 Å². The van der Waals surface area contributed by atoms with Crippen LogP contribution in [0.4, 0.5) is 5.69 Å². The van der Waals surface area contributed by atoms with Crippen molar-refractivity contribution in [2.24, 2.45) is 13.0 Å². The number of para-hydroxylation sites is 1.